The fourth-order valence-electron chi connectivity index (χ4n) is 3.27. The average molecular weight is 374 g/mol. The van der Waals surface area contributed by atoms with Crippen molar-refractivity contribution in [1.29, 1.82) is 0 Å². The largest absolute Gasteiger partial charge is 0.489 e. The van der Waals surface area contributed by atoms with Crippen LogP contribution in [0.4, 0.5) is 10.5 Å². The maximum Gasteiger partial charge on any atom is 0.410 e. The second-order valence-electron chi connectivity index (χ2n) is 8.42. The lowest BCUT2D eigenvalue weighted by atomic mass is 10.1. The molecule has 7 heteroatoms. The molecule has 1 aromatic carbocycles. The molecule has 3 rings (SSSR count). The Balaban J connectivity index is 1.69. The van der Waals surface area contributed by atoms with Crippen LogP contribution in [0.3, 0.4) is 0 Å². The Morgan fingerprint density at radius 2 is 1.93 bits per heavy atom. The zero-order valence-electron chi connectivity index (χ0n) is 16.9. The molecular formula is C20H30N4O3. The number of hydrogen-bond donors (Lipinski definition) is 1. The third-order valence-corrected chi connectivity index (χ3v) is 4.51. The number of fused-ring (bicyclic) bond motifs is 1. The zero-order chi connectivity index (χ0) is 19.8. The molecule has 7 nitrogen and oxygen atoms in total. The molecule has 0 bridgehead atoms. The van der Waals surface area contributed by atoms with Crippen molar-refractivity contribution >= 4 is 22.7 Å². The highest BCUT2D eigenvalue weighted by Crippen LogP contribution is 2.31. The molecule has 1 saturated heterocycles. The van der Waals surface area contributed by atoms with Crippen molar-refractivity contribution in [1.82, 2.24) is 14.7 Å². The number of rotatable bonds is 3. The fraction of sp³-hybridized carbons (Fsp3) is 0.600. The Morgan fingerprint density at radius 1 is 1.26 bits per heavy atom. The fourth-order valence-corrected chi connectivity index (χ4v) is 3.27. The molecule has 1 aliphatic heterocycles. The van der Waals surface area contributed by atoms with Crippen LogP contribution in [0.2, 0.25) is 0 Å². The molecule has 1 fully saturated rings. The van der Waals surface area contributed by atoms with Crippen molar-refractivity contribution in [3.05, 3.63) is 18.3 Å². The number of carbonyl (C=O) groups is 1. The van der Waals surface area contributed by atoms with E-state index in [0.29, 0.717) is 24.5 Å². The Bertz CT molecular complexity index is 814. The topological polar surface area (TPSA) is 82.6 Å². The summed E-state index contributed by atoms with van der Waals surface area (Å²) in [4.78, 5) is 14.0. The van der Waals surface area contributed by atoms with Crippen LogP contribution in [0, 0.1) is 0 Å². The molecule has 2 aromatic rings. The number of aromatic nitrogens is 2. The van der Waals surface area contributed by atoms with Crippen molar-refractivity contribution in [2.24, 2.45) is 0 Å². The van der Waals surface area contributed by atoms with Gasteiger partial charge < -0.3 is 20.1 Å². The highest BCUT2D eigenvalue weighted by molar-refractivity contribution is 5.84. The number of ether oxygens (including phenoxy) is 2. The Hall–Kier alpha value is -2.44. The minimum Gasteiger partial charge on any atom is -0.489 e. The van der Waals surface area contributed by atoms with Gasteiger partial charge in [-0.25, -0.2) is 4.79 Å². The van der Waals surface area contributed by atoms with Gasteiger partial charge in [-0.2, -0.15) is 5.10 Å². The monoisotopic (exact) mass is 374 g/mol. The summed E-state index contributed by atoms with van der Waals surface area (Å²) in [6.07, 6.45) is 3.54. The molecule has 1 aliphatic rings. The van der Waals surface area contributed by atoms with Gasteiger partial charge in [0.05, 0.1) is 23.3 Å². The van der Waals surface area contributed by atoms with Gasteiger partial charge in [-0.1, -0.05) is 0 Å². The normalized spacial score (nSPS) is 16.1. The van der Waals surface area contributed by atoms with E-state index in [2.05, 4.69) is 0 Å². The number of hydrogen-bond acceptors (Lipinski definition) is 5. The van der Waals surface area contributed by atoms with Crippen LogP contribution >= 0.6 is 0 Å². The van der Waals surface area contributed by atoms with E-state index < -0.39 is 5.60 Å². The van der Waals surface area contributed by atoms with E-state index in [-0.39, 0.29) is 18.2 Å². The number of benzene rings is 1. The summed E-state index contributed by atoms with van der Waals surface area (Å²) in [5.41, 5.74) is 7.13. The molecule has 27 heavy (non-hydrogen) atoms. The molecule has 148 valence electrons. The predicted molar refractivity (Wildman–Crippen MR) is 106 cm³/mol. The van der Waals surface area contributed by atoms with Crippen LogP contribution in [0.25, 0.3) is 10.9 Å². The number of likely N-dealkylation sites (tertiary alicyclic amines) is 1. The Kier molecular flexibility index (Phi) is 5.22. The lowest BCUT2D eigenvalue weighted by Crippen LogP contribution is -2.42. The average Bonchev–Trinajstić information content (AvgIpc) is 2.96. The number of carbonyl (C=O) groups excluding carboxylic acids is 1. The molecular weight excluding hydrogens is 344 g/mol. The number of amides is 1. The molecule has 0 unspecified atom stereocenters. The maximum atomic E-state index is 12.2. The minimum absolute atomic E-state index is 0.0593. The summed E-state index contributed by atoms with van der Waals surface area (Å²) >= 11 is 0. The molecule has 2 N–H and O–H groups in total. The number of anilines is 1. The van der Waals surface area contributed by atoms with Crippen LogP contribution in [-0.4, -0.2) is 45.6 Å². The van der Waals surface area contributed by atoms with Gasteiger partial charge in [0.15, 0.2) is 0 Å². The second kappa shape index (κ2) is 7.29. The summed E-state index contributed by atoms with van der Waals surface area (Å²) < 4.78 is 13.2. The van der Waals surface area contributed by atoms with Crippen LogP contribution < -0.4 is 10.5 Å². The Morgan fingerprint density at radius 3 is 2.52 bits per heavy atom. The summed E-state index contributed by atoms with van der Waals surface area (Å²) in [6, 6.07) is 4.07. The standard InChI is InChI=1S/C20H30N4O3/c1-13(2)26-18-11-17-14(10-16(18)21)12-24(22-17)15-6-8-23(9-7-15)19(25)27-20(3,4)5/h10-13,15H,6-9,21H2,1-5H3. The van der Waals surface area contributed by atoms with Gasteiger partial charge in [0, 0.05) is 30.7 Å². The highest BCUT2D eigenvalue weighted by Gasteiger charge is 2.28. The maximum absolute atomic E-state index is 12.2. The number of piperidine rings is 1. The first-order valence-corrected chi connectivity index (χ1v) is 9.55. The summed E-state index contributed by atoms with van der Waals surface area (Å²) in [7, 11) is 0. The molecule has 0 atom stereocenters. The lowest BCUT2D eigenvalue weighted by molar-refractivity contribution is 0.0185. The first-order valence-electron chi connectivity index (χ1n) is 9.55. The molecule has 0 spiro atoms. The molecule has 0 aliphatic carbocycles. The quantitative estimate of drug-likeness (QED) is 0.822. The van der Waals surface area contributed by atoms with Gasteiger partial charge in [0.25, 0.3) is 0 Å². The van der Waals surface area contributed by atoms with Crippen LogP contribution in [-0.2, 0) is 4.74 Å². The predicted octanol–water partition coefficient (Wildman–Crippen LogP) is 3.98. The van der Waals surface area contributed by atoms with E-state index in [9.17, 15) is 4.79 Å². The van der Waals surface area contributed by atoms with Gasteiger partial charge >= 0.3 is 6.09 Å². The van der Waals surface area contributed by atoms with Crippen molar-refractivity contribution < 1.29 is 14.3 Å². The van der Waals surface area contributed by atoms with E-state index in [1.54, 1.807) is 4.90 Å². The first kappa shape index (κ1) is 19.3. The number of nitrogen functional groups attached to an aromatic ring is 1. The smallest absolute Gasteiger partial charge is 0.410 e. The van der Waals surface area contributed by atoms with Crippen LogP contribution in [0.5, 0.6) is 5.75 Å². The van der Waals surface area contributed by atoms with Crippen molar-refractivity contribution in [3.8, 4) is 5.75 Å². The lowest BCUT2D eigenvalue weighted by Gasteiger charge is -2.33. The van der Waals surface area contributed by atoms with E-state index in [0.717, 1.165) is 23.7 Å². The number of nitrogens with zero attached hydrogens (tertiary/aromatic N) is 3. The minimum atomic E-state index is -0.469. The summed E-state index contributed by atoms with van der Waals surface area (Å²) in [6.45, 7) is 10.9. The summed E-state index contributed by atoms with van der Waals surface area (Å²) in [5, 5.41) is 5.72. The number of nitrogens with two attached hydrogens (primary N) is 1. The van der Waals surface area contributed by atoms with Crippen LogP contribution in [0.1, 0.15) is 53.5 Å². The molecule has 0 radical (unpaired) electrons. The van der Waals surface area contributed by atoms with Gasteiger partial charge in [-0.3, -0.25) is 4.68 Å². The van der Waals surface area contributed by atoms with E-state index in [1.165, 1.54) is 0 Å². The third-order valence-electron chi connectivity index (χ3n) is 4.51. The Labute approximate surface area is 160 Å². The first-order chi connectivity index (χ1) is 12.6. The van der Waals surface area contributed by atoms with Crippen molar-refractivity contribution in [2.75, 3.05) is 18.8 Å². The molecule has 1 amide bonds. The molecule has 2 heterocycles. The van der Waals surface area contributed by atoms with Crippen molar-refractivity contribution in [3.63, 3.8) is 0 Å². The van der Waals surface area contributed by atoms with Gasteiger partial charge in [-0.15, -0.1) is 0 Å². The molecule has 1 aromatic heterocycles. The van der Waals surface area contributed by atoms with E-state index >= 15 is 0 Å². The van der Waals surface area contributed by atoms with Crippen LogP contribution in [0.15, 0.2) is 18.3 Å². The highest BCUT2D eigenvalue weighted by atomic mass is 16.6. The van der Waals surface area contributed by atoms with Gasteiger partial charge in [0.2, 0.25) is 0 Å². The molecule has 0 saturated carbocycles. The van der Waals surface area contributed by atoms with Gasteiger partial charge in [-0.05, 0) is 53.5 Å². The van der Waals surface area contributed by atoms with E-state index in [4.69, 9.17) is 20.3 Å². The van der Waals surface area contributed by atoms with Crippen molar-refractivity contribution in [2.45, 2.75) is 65.2 Å². The summed E-state index contributed by atoms with van der Waals surface area (Å²) in [5.74, 6) is 0.669. The SMILES string of the molecule is CC(C)Oc1cc2nn(C3CCN(C(=O)OC(C)(C)C)CC3)cc2cc1N. The zero-order valence-corrected chi connectivity index (χ0v) is 16.9. The second-order valence-corrected chi connectivity index (χ2v) is 8.42. The third kappa shape index (κ3) is 4.64. The van der Waals surface area contributed by atoms with E-state index in [1.807, 2.05) is 57.6 Å². The van der Waals surface area contributed by atoms with Gasteiger partial charge in [0.1, 0.15) is 11.4 Å².